The summed E-state index contributed by atoms with van der Waals surface area (Å²) in [6.45, 7) is 9.63. The van der Waals surface area contributed by atoms with Crippen molar-refractivity contribution < 1.29 is 0 Å². The molecule has 0 saturated heterocycles. The van der Waals surface area contributed by atoms with Gasteiger partial charge in [0.2, 0.25) is 0 Å². The Balaban J connectivity index is 1.69. The first-order valence-electron chi connectivity index (χ1n) is 12.4. The van der Waals surface area contributed by atoms with Gasteiger partial charge in [-0.05, 0) is 82.9 Å². The third-order valence-corrected chi connectivity index (χ3v) is 8.97. The van der Waals surface area contributed by atoms with Crippen molar-refractivity contribution in [3.8, 4) is 22.3 Å². The summed E-state index contributed by atoms with van der Waals surface area (Å²) in [5.41, 5.74) is 11.5. The van der Waals surface area contributed by atoms with Crippen LogP contribution >= 0.6 is 0 Å². The van der Waals surface area contributed by atoms with E-state index >= 15 is 0 Å². The van der Waals surface area contributed by atoms with Gasteiger partial charge in [0.05, 0.1) is 0 Å². The van der Waals surface area contributed by atoms with Gasteiger partial charge in [-0.1, -0.05) is 107 Å². The molecule has 0 radical (unpaired) electrons. The van der Waals surface area contributed by atoms with Crippen molar-refractivity contribution >= 4 is 32.3 Å². The second-order valence-corrected chi connectivity index (χ2v) is 11.3. The summed E-state index contributed by atoms with van der Waals surface area (Å²) in [4.78, 5) is 0. The molecule has 0 saturated carbocycles. The van der Waals surface area contributed by atoms with Gasteiger partial charge in [0.15, 0.2) is 0 Å². The van der Waals surface area contributed by atoms with E-state index in [1.807, 2.05) is 0 Å². The van der Waals surface area contributed by atoms with Crippen molar-refractivity contribution in [1.29, 1.82) is 0 Å². The fourth-order valence-corrected chi connectivity index (χ4v) is 7.46. The predicted octanol–water partition coefficient (Wildman–Crippen LogP) is 9.20. The summed E-state index contributed by atoms with van der Waals surface area (Å²) in [5, 5.41) is 8.45. The molecule has 0 nitrogen and oxygen atoms in total. The van der Waals surface area contributed by atoms with Gasteiger partial charge in [0.25, 0.3) is 0 Å². The van der Waals surface area contributed by atoms with E-state index in [4.69, 9.17) is 0 Å². The molecule has 6 aromatic rings. The van der Waals surface area contributed by atoms with Crippen LogP contribution in [-0.2, 0) is 10.8 Å². The highest BCUT2D eigenvalue weighted by atomic mass is 14.4. The van der Waals surface area contributed by atoms with Gasteiger partial charge in [0, 0.05) is 10.8 Å². The Hall–Kier alpha value is -3.64. The topological polar surface area (TPSA) is 0 Å². The van der Waals surface area contributed by atoms with Crippen molar-refractivity contribution in [1.82, 2.24) is 0 Å². The summed E-state index contributed by atoms with van der Waals surface area (Å²) >= 11 is 0. The van der Waals surface area contributed by atoms with Gasteiger partial charge in [-0.3, -0.25) is 0 Å². The van der Waals surface area contributed by atoms with Gasteiger partial charge in [-0.25, -0.2) is 0 Å². The maximum Gasteiger partial charge on any atom is 0.0165 e. The molecular formula is C34H26. The summed E-state index contributed by atoms with van der Waals surface area (Å²) in [6.07, 6.45) is 0. The lowest BCUT2D eigenvalue weighted by molar-refractivity contribution is 0.658. The first-order chi connectivity index (χ1) is 16.4. The standard InChI is InChI=1S/C34H26/c1-33(2)25-14-7-5-11-20(25)29-23-17-16-19-10-9-13-22-28(19)30(23)24(18-27(29)33)32-31(22)21-12-6-8-15-26(21)34(32,3)4/h5-18H,1-4H3. The molecule has 0 N–H and O–H groups in total. The van der Waals surface area contributed by atoms with E-state index in [1.165, 1.54) is 76.8 Å². The third-order valence-electron chi connectivity index (χ3n) is 8.97. The molecule has 8 rings (SSSR count). The van der Waals surface area contributed by atoms with Crippen LogP contribution in [0.5, 0.6) is 0 Å². The SMILES string of the molecule is CC1(C)c2ccccc2-c2c1cc1c3c(c4cccc5ccc2c1c54)-c1ccccc1C3(C)C. The zero-order valence-electron chi connectivity index (χ0n) is 20.1. The second-order valence-electron chi connectivity index (χ2n) is 11.3. The minimum absolute atomic E-state index is 0.0150. The molecule has 0 heterocycles. The molecule has 34 heavy (non-hydrogen) atoms. The third kappa shape index (κ3) is 1.91. The average Bonchev–Trinajstić information content (AvgIpc) is 3.23. The normalized spacial score (nSPS) is 16.7. The lowest BCUT2D eigenvalue weighted by atomic mass is 9.75. The highest BCUT2D eigenvalue weighted by Crippen LogP contribution is 2.59. The maximum atomic E-state index is 2.57. The highest BCUT2D eigenvalue weighted by molar-refractivity contribution is 6.31. The van der Waals surface area contributed by atoms with Crippen LogP contribution in [0.2, 0.25) is 0 Å². The quantitative estimate of drug-likeness (QED) is 0.209. The van der Waals surface area contributed by atoms with Gasteiger partial charge in [-0.15, -0.1) is 0 Å². The molecule has 0 fully saturated rings. The van der Waals surface area contributed by atoms with Crippen molar-refractivity contribution in [2.75, 3.05) is 0 Å². The molecule has 0 aromatic heterocycles. The maximum absolute atomic E-state index is 2.57. The Labute approximate surface area is 200 Å². The molecule has 0 bridgehead atoms. The minimum Gasteiger partial charge on any atom is -0.0619 e. The summed E-state index contributed by atoms with van der Waals surface area (Å²) in [7, 11) is 0. The molecular weight excluding hydrogens is 408 g/mol. The van der Waals surface area contributed by atoms with Gasteiger partial charge >= 0.3 is 0 Å². The number of benzene rings is 6. The number of fused-ring (bicyclic) bond motifs is 9. The van der Waals surface area contributed by atoms with Gasteiger partial charge < -0.3 is 0 Å². The van der Waals surface area contributed by atoms with Crippen molar-refractivity contribution in [3.63, 3.8) is 0 Å². The first kappa shape index (κ1) is 18.7. The fraction of sp³-hybridized carbons (Fsp3) is 0.176. The van der Waals surface area contributed by atoms with Crippen molar-refractivity contribution in [3.05, 3.63) is 107 Å². The van der Waals surface area contributed by atoms with Crippen LogP contribution in [0.4, 0.5) is 0 Å². The summed E-state index contributed by atoms with van der Waals surface area (Å²) < 4.78 is 0. The predicted molar refractivity (Wildman–Crippen MR) is 145 cm³/mol. The molecule has 0 spiro atoms. The van der Waals surface area contributed by atoms with Crippen LogP contribution in [0.1, 0.15) is 49.9 Å². The molecule has 2 aliphatic rings. The van der Waals surface area contributed by atoms with E-state index in [-0.39, 0.29) is 10.8 Å². The van der Waals surface area contributed by atoms with Crippen LogP contribution < -0.4 is 0 Å². The van der Waals surface area contributed by atoms with Gasteiger partial charge in [-0.2, -0.15) is 0 Å². The smallest absolute Gasteiger partial charge is 0.0165 e. The van der Waals surface area contributed by atoms with Crippen LogP contribution in [0.3, 0.4) is 0 Å². The molecule has 6 aromatic carbocycles. The minimum atomic E-state index is -0.0433. The van der Waals surface area contributed by atoms with Crippen LogP contribution in [0, 0.1) is 0 Å². The molecule has 162 valence electrons. The number of hydrogen-bond acceptors (Lipinski definition) is 0. The molecule has 0 amide bonds. The van der Waals surface area contributed by atoms with E-state index in [2.05, 4.69) is 113 Å². The zero-order valence-corrected chi connectivity index (χ0v) is 20.1. The fourth-order valence-electron chi connectivity index (χ4n) is 7.46. The van der Waals surface area contributed by atoms with Gasteiger partial charge in [0.1, 0.15) is 0 Å². The Morgan fingerprint density at radius 3 is 1.88 bits per heavy atom. The Bertz CT molecular complexity index is 1840. The number of rotatable bonds is 0. The van der Waals surface area contributed by atoms with Crippen molar-refractivity contribution in [2.45, 2.75) is 38.5 Å². The van der Waals surface area contributed by atoms with E-state index in [1.54, 1.807) is 0 Å². The Kier molecular flexibility index (Phi) is 3.14. The Morgan fingerprint density at radius 1 is 0.471 bits per heavy atom. The summed E-state index contributed by atoms with van der Waals surface area (Å²) in [6, 6.07) is 32.3. The summed E-state index contributed by atoms with van der Waals surface area (Å²) in [5.74, 6) is 0. The lowest BCUT2D eigenvalue weighted by Crippen LogP contribution is -2.17. The second kappa shape index (κ2) is 5.70. The first-order valence-corrected chi connectivity index (χ1v) is 12.4. The van der Waals surface area contributed by atoms with E-state index in [0.717, 1.165) is 0 Å². The molecule has 0 unspecified atom stereocenters. The Morgan fingerprint density at radius 2 is 1.12 bits per heavy atom. The van der Waals surface area contributed by atoms with E-state index in [9.17, 15) is 0 Å². The monoisotopic (exact) mass is 434 g/mol. The number of hydrogen-bond donors (Lipinski definition) is 0. The van der Waals surface area contributed by atoms with Crippen LogP contribution in [-0.4, -0.2) is 0 Å². The molecule has 0 heteroatoms. The van der Waals surface area contributed by atoms with E-state index < -0.39 is 0 Å². The average molecular weight is 435 g/mol. The largest absolute Gasteiger partial charge is 0.0619 e. The van der Waals surface area contributed by atoms with E-state index in [0.29, 0.717) is 0 Å². The molecule has 2 aliphatic carbocycles. The zero-order chi connectivity index (χ0) is 23.0. The molecule has 0 aliphatic heterocycles. The molecule has 0 atom stereocenters. The highest BCUT2D eigenvalue weighted by Gasteiger charge is 2.41. The van der Waals surface area contributed by atoms with Crippen molar-refractivity contribution in [2.24, 2.45) is 0 Å². The van der Waals surface area contributed by atoms with Crippen LogP contribution in [0.25, 0.3) is 54.6 Å². The van der Waals surface area contributed by atoms with Crippen LogP contribution in [0.15, 0.2) is 84.9 Å². The lowest BCUT2D eigenvalue weighted by Gasteiger charge is -2.27.